The molecule has 0 atom stereocenters. The Morgan fingerprint density at radius 2 is 1.55 bits per heavy atom. The molecule has 11 heavy (non-hydrogen) atoms. The standard InChI is InChI=1S/C8H10O3/c1-4-3-6(9)8(11)7(10)5(4)2/h3,9-11H,1-2H3. The molecular weight excluding hydrogens is 144 g/mol. The van der Waals surface area contributed by atoms with Gasteiger partial charge in [0.15, 0.2) is 11.5 Å². The van der Waals surface area contributed by atoms with E-state index in [2.05, 4.69) is 0 Å². The van der Waals surface area contributed by atoms with Gasteiger partial charge in [0.1, 0.15) is 0 Å². The van der Waals surface area contributed by atoms with E-state index in [4.69, 9.17) is 15.3 Å². The van der Waals surface area contributed by atoms with Gasteiger partial charge in [-0.05, 0) is 31.0 Å². The van der Waals surface area contributed by atoms with Crippen LogP contribution in [0.1, 0.15) is 11.1 Å². The predicted molar refractivity (Wildman–Crippen MR) is 40.9 cm³/mol. The summed E-state index contributed by atoms with van der Waals surface area (Å²) < 4.78 is 0. The summed E-state index contributed by atoms with van der Waals surface area (Å²) in [5, 5.41) is 27.2. The fourth-order valence-corrected chi connectivity index (χ4v) is 0.867. The van der Waals surface area contributed by atoms with Crippen LogP contribution in [0.5, 0.6) is 17.2 Å². The Hall–Kier alpha value is -1.38. The molecule has 0 saturated carbocycles. The summed E-state index contributed by atoms with van der Waals surface area (Å²) in [5.41, 5.74) is 1.33. The number of aryl methyl sites for hydroxylation is 1. The van der Waals surface area contributed by atoms with Gasteiger partial charge in [0.05, 0.1) is 0 Å². The van der Waals surface area contributed by atoms with E-state index in [0.717, 1.165) is 5.56 Å². The maximum Gasteiger partial charge on any atom is 0.200 e. The normalized spacial score (nSPS) is 10.0. The van der Waals surface area contributed by atoms with Crippen molar-refractivity contribution in [2.75, 3.05) is 0 Å². The molecule has 0 fully saturated rings. The molecule has 0 bridgehead atoms. The summed E-state index contributed by atoms with van der Waals surface area (Å²) in [6.45, 7) is 3.41. The molecule has 1 rings (SSSR count). The second-order valence-corrected chi connectivity index (χ2v) is 2.53. The molecular formula is C8H10O3. The van der Waals surface area contributed by atoms with E-state index in [0.29, 0.717) is 5.56 Å². The van der Waals surface area contributed by atoms with Crippen molar-refractivity contribution in [1.82, 2.24) is 0 Å². The van der Waals surface area contributed by atoms with Gasteiger partial charge >= 0.3 is 0 Å². The van der Waals surface area contributed by atoms with Crippen LogP contribution in [0.15, 0.2) is 6.07 Å². The molecule has 0 unspecified atom stereocenters. The van der Waals surface area contributed by atoms with E-state index in [1.54, 1.807) is 13.8 Å². The maximum atomic E-state index is 9.16. The van der Waals surface area contributed by atoms with Crippen molar-refractivity contribution in [3.8, 4) is 17.2 Å². The molecule has 0 aliphatic rings. The average Bonchev–Trinajstić information content (AvgIpc) is 1.97. The van der Waals surface area contributed by atoms with Gasteiger partial charge in [0.2, 0.25) is 5.75 Å². The molecule has 1 aromatic rings. The first-order chi connectivity index (χ1) is 5.04. The molecule has 0 radical (unpaired) electrons. The van der Waals surface area contributed by atoms with E-state index in [1.807, 2.05) is 0 Å². The zero-order chi connectivity index (χ0) is 8.59. The van der Waals surface area contributed by atoms with Crippen LogP contribution in [0.25, 0.3) is 0 Å². The highest BCUT2D eigenvalue weighted by atomic mass is 16.3. The Labute approximate surface area is 64.5 Å². The topological polar surface area (TPSA) is 60.7 Å². The van der Waals surface area contributed by atoms with Crippen LogP contribution in [-0.2, 0) is 0 Å². The summed E-state index contributed by atoms with van der Waals surface area (Å²) in [6, 6.07) is 1.41. The van der Waals surface area contributed by atoms with Crippen LogP contribution in [-0.4, -0.2) is 15.3 Å². The van der Waals surface area contributed by atoms with Crippen LogP contribution in [0.4, 0.5) is 0 Å². The number of rotatable bonds is 0. The van der Waals surface area contributed by atoms with Crippen LogP contribution in [0.2, 0.25) is 0 Å². The van der Waals surface area contributed by atoms with Crippen LogP contribution < -0.4 is 0 Å². The van der Waals surface area contributed by atoms with Crippen molar-refractivity contribution in [3.05, 3.63) is 17.2 Å². The maximum absolute atomic E-state index is 9.16. The van der Waals surface area contributed by atoms with Crippen molar-refractivity contribution in [3.63, 3.8) is 0 Å². The van der Waals surface area contributed by atoms with E-state index in [-0.39, 0.29) is 11.5 Å². The molecule has 60 valence electrons. The van der Waals surface area contributed by atoms with Crippen molar-refractivity contribution >= 4 is 0 Å². The van der Waals surface area contributed by atoms with E-state index in [1.165, 1.54) is 6.07 Å². The van der Waals surface area contributed by atoms with Crippen LogP contribution >= 0.6 is 0 Å². The summed E-state index contributed by atoms with van der Waals surface area (Å²) in [5.74, 6) is -0.985. The van der Waals surface area contributed by atoms with E-state index in [9.17, 15) is 0 Å². The van der Waals surface area contributed by atoms with Crippen LogP contribution in [0, 0.1) is 13.8 Å². The molecule has 0 aromatic heterocycles. The second-order valence-electron chi connectivity index (χ2n) is 2.53. The summed E-state index contributed by atoms with van der Waals surface area (Å²) >= 11 is 0. The first-order valence-electron chi connectivity index (χ1n) is 3.25. The molecule has 3 N–H and O–H groups in total. The Kier molecular flexibility index (Phi) is 1.64. The number of benzene rings is 1. The molecule has 1 aromatic carbocycles. The average molecular weight is 154 g/mol. The van der Waals surface area contributed by atoms with Crippen LogP contribution in [0.3, 0.4) is 0 Å². The number of hydrogen-bond acceptors (Lipinski definition) is 3. The first-order valence-corrected chi connectivity index (χ1v) is 3.25. The third-order valence-corrected chi connectivity index (χ3v) is 1.77. The predicted octanol–water partition coefficient (Wildman–Crippen LogP) is 1.42. The smallest absolute Gasteiger partial charge is 0.200 e. The van der Waals surface area contributed by atoms with Crippen molar-refractivity contribution in [2.24, 2.45) is 0 Å². The fraction of sp³-hybridized carbons (Fsp3) is 0.250. The third-order valence-electron chi connectivity index (χ3n) is 1.77. The van der Waals surface area contributed by atoms with E-state index >= 15 is 0 Å². The minimum atomic E-state index is -0.451. The van der Waals surface area contributed by atoms with Gasteiger partial charge in [-0.15, -0.1) is 0 Å². The van der Waals surface area contributed by atoms with Gasteiger partial charge in [-0.1, -0.05) is 0 Å². The lowest BCUT2D eigenvalue weighted by Gasteiger charge is -2.06. The van der Waals surface area contributed by atoms with E-state index < -0.39 is 5.75 Å². The number of hydrogen-bond donors (Lipinski definition) is 3. The van der Waals surface area contributed by atoms with Crippen molar-refractivity contribution < 1.29 is 15.3 Å². The quantitative estimate of drug-likeness (QED) is 0.495. The molecule has 0 heterocycles. The minimum absolute atomic E-state index is 0.248. The largest absolute Gasteiger partial charge is 0.504 e. The van der Waals surface area contributed by atoms with Gasteiger partial charge in [0.25, 0.3) is 0 Å². The Balaban J connectivity index is 3.46. The lowest BCUT2D eigenvalue weighted by molar-refractivity contribution is 0.365. The van der Waals surface area contributed by atoms with Crippen molar-refractivity contribution in [1.29, 1.82) is 0 Å². The van der Waals surface area contributed by atoms with Gasteiger partial charge in [-0.3, -0.25) is 0 Å². The fourth-order valence-electron chi connectivity index (χ4n) is 0.867. The minimum Gasteiger partial charge on any atom is -0.504 e. The molecule has 3 nitrogen and oxygen atoms in total. The lowest BCUT2D eigenvalue weighted by atomic mass is 10.1. The monoisotopic (exact) mass is 154 g/mol. The Morgan fingerprint density at radius 1 is 1.00 bits per heavy atom. The summed E-state index contributed by atoms with van der Waals surface area (Å²) in [7, 11) is 0. The first kappa shape index (κ1) is 7.72. The SMILES string of the molecule is Cc1cc(O)c(O)c(O)c1C. The highest BCUT2D eigenvalue weighted by Crippen LogP contribution is 2.38. The number of phenols is 3. The second kappa shape index (κ2) is 2.34. The van der Waals surface area contributed by atoms with Crippen molar-refractivity contribution in [2.45, 2.75) is 13.8 Å². The highest BCUT2D eigenvalue weighted by molar-refractivity contribution is 5.55. The van der Waals surface area contributed by atoms with Gasteiger partial charge in [-0.25, -0.2) is 0 Å². The summed E-state index contributed by atoms with van der Waals surface area (Å²) in [4.78, 5) is 0. The zero-order valence-corrected chi connectivity index (χ0v) is 6.42. The molecule has 0 aliphatic carbocycles. The molecule has 3 heteroatoms. The molecule has 0 saturated heterocycles. The lowest BCUT2D eigenvalue weighted by Crippen LogP contribution is -1.82. The van der Waals surface area contributed by atoms with Gasteiger partial charge in [-0.2, -0.15) is 0 Å². The zero-order valence-electron chi connectivity index (χ0n) is 6.42. The molecule has 0 amide bonds. The number of phenolic OH excluding ortho intramolecular Hbond substituents is 3. The Morgan fingerprint density at radius 3 is 2.09 bits per heavy atom. The summed E-state index contributed by atoms with van der Waals surface area (Å²) in [6.07, 6.45) is 0. The van der Waals surface area contributed by atoms with Gasteiger partial charge in [0, 0.05) is 0 Å². The third kappa shape index (κ3) is 1.09. The molecule has 0 spiro atoms. The highest BCUT2D eigenvalue weighted by Gasteiger charge is 2.10. The number of aromatic hydroxyl groups is 3. The Bertz CT molecular complexity index is 266. The van der Waals surface area contributed by atoms with Gasteiger partial charge < -0.3 is 15.3 Å². The molecule has 0 aliphatic heterocycles.